The highest BCUT2D eigenvalue weighted by atomic mass is 32.2. The first kappa shape index (κ1) is 14.8. The minimum atomic E-state index is -4.20. The molecular formula is C16H8FN3O2S. The lowest BCUT2D eigenvalue weighted by molar-refractivity contribution is 0.570. The van der Waals surface area contributed by atoms with E-state index in [1.807, 2.05) is 6.07 Å². The number of benzene rings is 2. The van der Waals surface area contributed by atoms with E-state index in [9.17, 15) is 12.8 Å². The Labute approximate surface area is 132 Å². The molecule has 0 aromatic heterocycles. The highest BCUT2D eigenvalue weighted by molar-refractivity contribution is 7.95. The van der Waals surface area contributed by atoms with Crippen LogP contribution in [0.4, 0.5) is 15.8 Å². The molecule has 7 heteroatoms. The molecule has 2 aromatic rings. The van der Waals surface area contributed by atoms with E-state index in [1.54, 1.807) is 24.3 Å². The number of rotatable bonds is 1. The molecule has 23 heavy (non-hydrogen) atoms. The Morgan fingerprint density at radius 1 is 1.04 bits per heavy atom. The van der Waals surface area contributed by atoms with Crippen molar-refractivity contribution in [3.05, 3.63) is 65.0 Å². The molecule has 0 fully saturated rings. The average Bonchev–Trinajstić information content (AvgIpc) is 2.54. The number of sulfone groups is 1. The van der Waals surface area contributed by atoms with Crippen LogP contribution < -0.4 is 4.90 Å². The van der Waals surface area contributed by atoms with Gasteiger partial charge in [0.15, 0.2) is 4.91 Å². The van der Waals surface area contributed by atoms with Gasteiger partial charge in [-0.05, 0) is 30.3 Å². The summed E-state index contributed by atoms with van der Waals surface area (Å²) in [7, 11) is -4.20. The predicted molar refractivity (Wildman–Crippen MR) is 80.6 cm³/mol. The Kier molecular flexibility index (Phi) is 3.36. The van der Waals surface area contributed by atoms with Gasteiger partial charge in [0, 0.05) is 11.9 Å². The second-order valence-electron chi connectivity index (χ2n) is 4.73. The molecule has 2 aromatic carbocycles. The summed E-state index contributed by atoms with van der Waals surface area (Å²) in [4.78, 5) is 0.289. The monoisotopic (exact) mass is 325 g/mol. The van der Waals surface area contributed by atoms with Crippen molar-refractivity contribution in [3.8, 4) is 12.1 Å². The minimum Gasteiger partial charge on any atom is -0.314 e. The summed E-state index contributed by atoms with van der Waals surface area (Å²) in [5.74, 6) is -0.926. The van der Waals surface area contributed by atoms with Crippen molar-refractivity contribution in [2.24, 2.45) is 0 Å². The Morgan fingerprint density at radius 3 is 2.48 bits per heavy atom. The molecule has 0 saturated heterocycles. The Morgan fingerprint density at radius 2 is 1.78 bits per heavy atom. The van der Waals surface area contributed by atoms with Crippen LogP contribution in [0.2, 0.25) is 0 Å². The maximum Gasteiger partial charge on any atom is 0.223 e. The van der Waals surface area contributed by atoms with Crippen molar-refractivity contribution in [2.75, 3.05) is 4.90 Å². The first-order valence-corrected chi connectivity index (χ1v) is 7.92. The van der Waals surface area contributed by atoms with Crippen molar-refractivity contribution >= 4 is 21.2 Å². The molecule has 1 aliphatic rings. The lowest BCUT2D eigenvalue weighted by atomic mass is 10.2. The number of nitrogens with zero attached hydrogens (tertiary/aromatic N) is 3. The topological polar surface area (TPSA) is 85.0 Å². The Balaban J connectivity index is 2.33. The summed E-state index contributed by atoms with van der Waals surface area (Å²) in [5, 5.41) is 18.1. The van der Waals surface area contributed by atoms with Crippen LogP contribution in [0.15, 0.2) is 58.5 Å². The summed E-state index contributed by atoms with van der Waals surface area (Å²) in [5.41, 5.74) is 0.915. The number of allylic oxidation sites excluding steroid dienone is 1. The molecule has 0 bridgehead atoms. The van der Waals surface area contributed by atoms with Gasteiger partial charge in [0.2, 0.25) is 9.84 Å². The van der Waals surface area contributed by atoms with Gasteiger partial charge in [0.05, 0.1) is 17.3 Å². The summed E-state index contributed by atoms with van der Waals surface area (Å²) in [6.07, 6.45) is 1.13. The fourth-order valence-electron chi connectivity index (χ4n) is 2.35. The van der Waals surface area contributed by atoms with Gasteiger partial charge in [-0.15, -0.1) is 0 Å². The maximum absolute atomic E-state index is 14.1. The van der Waals surface area contributed by atoms with E-state index in [2.05, 4.69) is 0 Å². The second kappa shape index (κ2) is 5.24. The van der Waals surface area contributed by atoms with Crippen LogP contribution in [0, 0.1) is 28.5 Å². The highest BCUT2D eigenvalue weighted by Crippen LogP contribution is 2.40. The molecule has 0 unspecified atom stereocenters. The van der Waals surface area contributed by atoms with Gasteiger partial charge in [0.25, 0.3) is 0 Å². The van der Waals surface area contributed by atoms with Crippen molar-refractivity contribution in [1.29, 1.82) is 10.5 Å². The Hall–Kier alpha value is -3.16. The van der Waals surface area contributed by atoms with Gasteiger partial charge in [-0.1, -0.05) is 12.1 Å². The number of halogens is 1. The number of nitriles is 2. The Bertz CT molecular complexity index is 1030. The van der Waals surface area contributed by atoms with E-state index < -0.39 is 25.5 Å². The number of anilines is 2. The van der Waals surface area contributed by atoms with E-state index in [0.29, 0.717) is 11.3 Å². The second-order valence-corrected chi connectivity index (χ2v) is 6.58. The van der Waals surface area contributed by atoms with Crippen LogP contribution in [-0.4, -0.2) is 8.42 Å². The third-order valence-electron chi connectivity index (χ3n) is 3.37. The van der Waals surface area contributed by atoms with Crippen LogP contribution in [0.25, 0.3) is 0 Å². The van der Waals surface area contributed by atoms with Crippen molar-refractivity contribution in [1.82, 2.24) is 0 Å². The average molecular weight is 325 g/mol. The molecule has 0 aliphatic carbocycles. The molecule has 5 nitrogen and oxygen atoms in total. The van der Waals surface area contributed by atoms with Crippen LogP contribution in [-0.2, 0) is 9.84 Å². The first-order chi connectivity index (χ1) is 11.0. The molecule has 0 atom stereocenters. The molecule has 0 N–H and O–H groups in total. The van der Waals surface area contributed by atoms with Gasteiger partial charge in [0.1, 0.15) is 16.8 Å². The van der Waals surface area contributed by atoms with Crippen molar-refractivity contribution in [3.63, 3.8) is 0 Å². The van der Waals surface area contributed by atoms with Gasteiger partial charge in [-0.25, -0.2) is 12.8 Å². The van der Waals surface area contributed by atoms with E-state index in [1.165, 1.54) is 23.1 Å². The molecule has 0 saturated carbocycles. The van der Waals surface area contributed by atoms with Crippen molar-refractivity contribution in [2.45, 2.75) is 4.90 Å². The number of fused-ring (bicyclic) bond motifs is 1. The van der Waals surface area contributed by atoms with E-state index in [0.717, 1.165) is 12.3 Å². The summed E-state index contributed by atoms with van der Waals surface area (Å²) >= 11 is 0. The lowest BCUT2D eigenvalue weighted by Crippen LogP contribution is -2.22. The number of hydrogen-bond donors (Lipinski definition) is 0. The van der Waals surface area contributed by atoms with E-state index in [4.69, 9.17) is 10.5 Å². The van der Waals surface area contributed by atoms with Gasteiger partial charge < -0.3 is 4.90 Å². The predicted octanol–water partition coefficient (Wildman–Crippen LogP) is 2.99. The molecule has 0 amide bonds. The fourth-order valence-corrected chi connectivity index (χ4v) is 3.70. The zero-order valence-electron chi connectivity index (χ0n) is 11.6. The van der Waals surface area contributed by atoms with Crippen molar-refractivity contribution < 1.29 is 12.8 Å². The maximum atomic E-state index is 14.1. The van der Waals surface area contributed by atoms with Crippen LogP contribution in [0.1, 0.15) is 5.56 Å². The zero-order valence-corrected chi connectivity index (χ0v) is 12.4. The molecule has 3 rings (SSSR count). The van der Waals surface area contributed by atoms with Gasteiger partial charge in [-0.2, -0.15) is 10.5 Å². The van der Waals surface area contributed by atoms with Crippen LogP contribution in [0.3, 0.4) is 0 Å². The third-order valence-corrected chi connectivity index (χ3v) is 5.09. The lowest BCUT2D eigenvalue weighted by Gasteiger charge is -2.27. The number of hydrogen-bond acceptors (Lipinski definition) is 5. The zero-order chi connectivity index (χ0) is 16.6. The summed E-state index contributed by atoms with van der Waals surface area (Å²) in [6, 6.07) is 13.8. The largest absolute Gasteiger partial charge is 0.314 e. The first-order valence-electron chi connectivity index (χ1n) is 6.44. The minimum absolute atomic E-state index is 0.0964. The normalized spacial score (nSPS) is 15.1. The quantitative estimate of drug-likeness (QED) is 0.804. The summed E-state index contributed by atoms with van der Waals surface area (Å²) in [6.45, 7) is 0. The summed E-state index contributed by atoms with van der Waals surface area (Å²) < 4.78 is 38.8. The standard InChI is InChI=1S/C16H8FN3O2S/c17-14-5-2-6-15-16(14)23(21,22)13(9-19)10-20(15)12-4-1-3-11(7-12)8-18/h1-7,10H. The smallest absolute Gasteiger partial charge is 0.223 e. The van der Waals surface area contributed by atoms with Gasteiger partial charge >= 0.3 is 0 Å². The van der Waals surface area contributed by atoms with Crippen LogP contribution >= 0.6 is 0 Å². The highest BCUT2D eigenvalue weighted by Gasteiger charge is 2.34. The fraction of sp³-hybridized carbons (Fsp3) is 0. The molecule has 0 spiro atoms. The van der Waals surface area contributed by atoms with Gasteiger partial charge in [-0.3, -0.25) is 0 Å². The third kappa shape index (κ3) is 2.24. The van der Waals surface area contributed by atoms with E-state index in [-0.39, 0.29) is 5.69 Å². The molecule has 1 aliphatic heterocycles. The van der Waals surface area contributed by atoms with E-state index >= 15 is 0 Å². The van der Waals surface area contributed by atoms with Crippen LogP contribution in [0.5, 0.6) is 0 Å². The molecular weight excluding hydrogens is 317 g/mol. The SMILES string of the molecule is N#CC1=CN(c2cccc(C#N)c2)c2cccc(F)c2S1(=O)=O. The molecule has 1 heterocycles. The molecule has 0 radical (unpaired) electrons. The molecule has 112 valence electrons.